The molecule has 19 heavy (non-hydrogen) atoms. The standard InChI is InChI=1S/C10H14F3NO4S/c11-10(12,13)5-14-7(15)4-19(18)6-9(1-2-9)3-8(16)17/h1-6H2,(H,14,15)(H,16,17). The number of nitrogens with one attached hydrogen (secondary N) is 1. The first-order valence-corrected chi connectivity index (χ1v) is 7.01. The van der Waals surface area contributed by atoms with Crippen LogP contribution in [-0.2, 0) is 20.4 Å². The molecule has 0 heterocycles. The number of halogens is 3. The highest BCUT2D eigenvalue weighted by molar-refractivity contribution is 7.85. The average Bonchev–Trinajstić information content (AvgIpc) is 2.92. The van der Waals surface area contributed by atoms with E-state index in [1.54, 1.807) is 5.32 Å². The number of rotatable bonds is 7. The van der Waals surface area contributed by atoms with Gasteiger partial charge in [-0.3, -0.25) is 13.8 Å². The van der Waals surface area contributed by atoms with Crippen molar-refractivity contribution in [2.24, 2.45) is 5.41 Å². The largest absolute Gasteiger partial charge is 0.481 e. The molecule has 0 aromatic carbocycles. The number of aliphatic carboxylic acids is 1. The number of carbonyl (C=O) groups is 2. The summed E-state index contributed by atoms with van der Waals surface area (Å²) in [4.78, 5) is 21.7. The van der Waals surface area contributed by atoms with Gasteiger partial charge in [-0.1, -0.05) is 0 Å². The number of amides is 1. The van der Waals surface area contributed by atoms with Gasteiger partial charge < -0.3 is 10.4 Å². The van der Waals surface area contributed by atoms with Crippen LogP contribution in [0.15, 0.2) is 0 Å². The van der Waals surface area contributed by atoms with Gasteiger partial charge in [-0.2, -0.15) is 13.2 Å². The van der Waals surface area contributed by atoms with E-state index in [-0.39, 0.29) is 12.2 Å². The lowest BCUT2D eigenvalue weighted by Crippen LogP contribution is -2.37. The molecule has 1 fully saturated rings. The van der Waals surface area contributed by atoms with Crippen LogP contribution in [0.4, 0.5) is 13.2 Å². The normalized spacial score (nSPS) is 18.7. The van der Waals surface area contributed by atoms with Crippen LogP contribution in [0.1, 0.15) is 19.3 Å². The summed E-state index contributed by atoms with van der Waals surface area (Å²) in [6.45, 7) is -1.46. The van der Waals surface area contributed by atoms with Crippen LogP contribution in [0.3, 0.4) is 0 Å². The summed E-state index contributed by atoms with van der Waals surface area (Å²) >= 11 is 0. The Hall–Kier alpha value is -1.12. The highest BCUT2D eigenvalue weighted by Crippen LogP contribution is 2.49. The Morgan fingerprint density at radius 3 is 2.32 bits per heavy atom. The minimum Gasteiger partial charge on any atom is -0.481 e. The van der Waals surface area contributed by atoms with Crippen molar-refractivity contribution >= 4 is 22.7 Å². The van der Waals surface area contributed by atoms with Gasteiger partial charge in [-0.25, -0.2) is 0 Å². The van der Waals surface area contributed by atoms with Gasteiger partial charge >= 0.3 is 12.1 Å². The van der Waals surface area contributed by atoms with E-state index in [9.17, 15) is 27.0 Å². The van der Waals surface area contributed by atoms with E-state index in [0.29, 0.717) is 12.8 Å². The summed E-state index contributed by atoms with van der Waals surface area (Å²) in [6, 6.07) is 0. The van der Waals surface area contributed by atoms with Gasteiger partial charge in [-0.05, 0) is 18.3 Å². The summed E-state index contributed by atoms with van der Waals surface area (Å²) < 4.78 is 47.1. The van der Waals surface area contributed by atoms with Crippen LogP contribution >= 0.6 is 0 Å². The zero-order valence-corrected chi connectivity index (χ0v) is 10.8. The molecule has 1 unspecified atom stereocenters. The van der Waals surface area contributed by atoms with Gasteiger partial charge in [0.15, 0.2) is 0 Å². The fourth-order valence-electron chi connectivity index (χ4n) is 1.66. The average molecular weight is 301 g/mol. The number of hydrogen-bond donors (Lipinski definition) is 2. The van der Waals surface area contributed by atoms with E-state index >= 15 is 0 Å². The van der Waals surface area contributed by atoms with Gasteiger partial charge in [0.2, 0.25) is 5.91 Å². The third-order valence-corrected chi connectivity index (χ3v) is 4.25. The van der Waals surface area contributed by atoms with Crippen LogP contribution in [0.25, 0.3) is 0 Å². The molecule has 1 atom stereocenters. The molecule has 0 saturated heterocycles. The summed E-state index contributed by atoms with van der Waals surface area (Å²) in [7, 11) is -1.64. The molecule has 0 aromatic heterocycles. The Morgan fingerprint density at radius 2 is 1.89 bits per heavy atom. The van der Waals surface area contributed by atoms with Crippen molar-refractivity contribution in [1.29, 1.82) is 0 Å². The molecule has 2 N–H and O–H groups in total. The molecular formula is C10H14F3NO4S. The molecule has 110 valence electrons. The first-order valence-electron chi connectivity index (χ1n) is 5.52. The first-order chi connectivity index (χ1) is 8.62. The number of carboxylic acids is 1. The van der Waals surface area contributed by atoms with Crippen LogP contribution < -0.4 is 5.32 Å². The molecule has 1 aliphatic carbocycles. The third-order valence-electron chi connectivity index (χ3n) is 2.73. The maximum absolute atomic E-state index is 11.8. The van der Waals surface area contributed by atoms with E-state index in [4.69, 9.17) is 5.11 Å². The Balaban J connectivity index is 2.31. The van der Waals surface area contributed by atoms with Gasteiger partial charge in [-0.15, -0.1) is 0 Å². The topological polar surface area (TPSA) is 83.5 Å². The molecule has 0 radical (unpaired) electrons. The predicted molar refractivity (Wildman–Crippen MR) is 60.9 cm³/mol. The summed E-state index contributed by atoms with van der Waals surface area (Å²) in [5.74, 6) is -2.44. The maximum Gasteiger partial charge on any atom is 0.405 e. The third kappa shape index (κ3) is 6.55. The lowest BCUT2D eigenvalue weighted by molar-refractivity contribution is -0.138. The fourth-order valence-corrected chi connectivity index (χ4v) is 3.23. The van der Waals surface area contributed by atoms with Gasteiger partial charge in [0, 0.05) is 16.6 Å². The monoisotopic (exact) mass is 301 g/mol. The van der Waals surface area contributed by atoms with Gasteiger partial charge in [0.25, 0.3) is 0 Å². The van der Waals surface area contributed by atoms with Crippen molar-refractivity contribution in [3.8, 4) is 0 Å². The molecule has 1 amide bonds. The van der Waals surface area contributed by atoms with Crippen molar-refractivity contribution in [3.05, 3.63) is 0 Å². The van der Waals surface area contributed by atoms with Crippen LogP contribution in [-0.4, -0.2) is 45.4 Å². The minimum absolute atomic E-state index is 0.0404. The molecule has 1 rings (SSSR count). The van der Waals surface area contributed by atoms with E-state index < -0.39 is 46.6 Å². The zero-order chi connectivity index (χ0) is 14.7. The predicted octanol–water partition coefficient (Wildman–Crippen LogP) is 0.668. The Kier molecular flexibility index (Phi) is 4.94. The second-order valence-electron chi connectivity index (χ2n) is 4.69. The van der Waals surface area contributed by atoms with Gasteiger partial charge in [0.05, 0.1) is 6.42 Å². The molecule has 0 spiro atoms. The summed E-state index contributed by atoms with van der Waals surface area (Å²) in [5.41, 5.74) is -0.541. The molecule has 5 nitrogen and oxygen atoms in total. The summed E-state index contributed by atoms with van der Waals surface area (Å²) in [6.07, 6.45) is -3.38. The van der Waals surface area contributed by atoms with Crippen LogP contribution in [0, 0.1) is 5.41 Å². The second kappa shape index (κ2) is 5.89. The Morgan fingerprint density at radius 1 is 1.32 bits per heavy atom. The number of hydrogen-bond acceptors (Lipinski definition) is 3. The van der Waals surface area contributed by atoms with Gasteiger partial charge in [0.1, 0.15) is 12.3 Å². The van der Waals surface area contributed by atoms with Crippen molar-refractivity contribution in [1.82, 2.24) is 5.32 Å². The molecule has 0 aliphatic heterocycles. The van der Waals surface area contributed by atoms with Crippen LogP contribution in [0.2, 0.25) is 0 Å². The van der Waals surface area contributed by atoms with E-state index in [1.165, 1.54) is 0 Å². The molecule has 9 heteroatoms. The molecule has 0 aromatic rings. The SMILES string of the molecule is O=C(O)CC1(CS(=O)CC(=O)NCC(F)(F)F)CC1. The highest BCUT2D eigenvalue weighted by atomic mass is 32.2. The van der Waals surface area contributed by atoms with Crippen molar-refractivity contribution in [2.75, 3.05) is 18.1 Å². The van der Waals surface area contributed by atoms with E-state index in [1.807, 2.05) is 0 Å². The van der Waals surface area contributed by atoms with Crippen molar-refractivity contribution in [3.63, 3.8) is 0 Å². The Bertz CT molecular complexity index is 393. The molecule has 1 aliphatic rings. The fraction of sp³-hybridized carbons (Fsp3) is 0.800. The van der Waals surface area contributed by atoms with Crippen molar-refractivity contribution < 1.29 is 32.1 Å². The smallest absolute Gasteiger partial charge is 0.405 e. The lowest BCUT2D eigenvalue weighted by Gasteiger charge is -2.12. The van der Waals surface area contributed by atoms with Crippen LogP contribution in [0.5, 0.6) is 0 Å². The molecule has 1 saturated carbocycles. The minimum atomic E-state index is -4.50. The first kappa shape index (κ1) is 15.9. The zero-order valence-electron chi connectivity index (χ0n) is 9.96. The van der Waals surface area contributed by atoms with E-state index in [0.717, 1.165) is 0 Å². The number of carboxylic acid groups (broad SMARTS) is 1. The Labute approximate surface area is 110 Å². The maximum atomic E-state index is 11.8. The number of alkyl halides is 3. The number of carbonyl (C=O) groups excluding carboxylic acids is 1. The highest BCUT2D eigenvalue weighted by Gasteiger charge is 2.45. The lowest BCUT2D eigenvalue weighted by atomic mass is 10.1. The summed E-state index contributed by atoms with van der Waals surface area (Å²) in [5, 5.41) is 10.3. The second-order valence-corrected chi connectivity index (χ2v) is 6.15. The van der Waals surface area contributed by atoms with E-state index in [2.05, 4.69) is 0 Å². The molecule has 0 bridgehead atoms. The quantitative estimate of drug-likeness (QED) is 0.724. The van der Waals surface area contributed by atoms with Crippen molar-refractivity contribution in [2.45, 2.75) is 25.4 Å². The molecular weight excluding hydrogens is 287 g/mol.